The van der Waals surface area contributed by atoms with E-state index in [9.17, 15) is 10.2 Å². The second kappa shape index (κ2) is 9.17. The molecule has 0 saturated heterocycles. The van der Waals surface area contributed by atoms with Gasteiger partial charge >= 0.3 is 0 Å². The van der Waals surface area contributed by atoms with Crippen molar-refractivity contribution in [3.8, 4) is 0 Å². The molecule has 2 atom stereocenters. The SMILES string of the molecule is CC(C)(C)[Si](OC[C@@H](N=[N+]=[N-])[C@@H](O)CO)(c1ccccc1)c1ccccc1. The lowest BCUT2D eigenvalue weighted by Crippen LogP contribution is -2.67. The maximum atomic E-state index is 10.0. The van der Waals surface area contributed by atoms with Crippen LogP contribution in [0.25, 0.3) is 10.4 Å². The summed E-state index contributed by atoms with van der Waals surface area (Å²) in [7, 11) is -2.78. The first kappa shape index (κ1) is 21.2. The average Bonchev–Trinajstić information content (AvgIpc) is 2.67. The summed E-state index contributed by atoms with van der Waals surface area (Å²) in [6.45, 7) is 5.96. The second-order valence-corrected chi connectivity index (χ2v) is 11.8. The van der Waals surface area contributed by atoms with Crippen LogP contribution in [0.1, 0.15) is 20.8 Å². The van der Waals surface area contributed by atoms with Gasteiger partial charge in [0, 0.05) is 11.5 Å². The smallest absolute Gasteiger partial charge is 0.261 e. The van der Waals surface area contributed by atoms with Gasteiger partial charge in [-0.2, -0.15) is 0 Å². The minimum Gasteiger partial charge on any atom is -0.407 e. The molecule has 7 heteroatoms. The molecule has 27 heavy (non-hydrogen) atoms. The van der Waals surface area contributed by atoms with Crippen molar-refractivity contribution in [3.63, 3.8) is 0 Å². The van der Waals surface area contributed by atoms with Gasteiger partial charge in [0.15, 0.2) is 0 Å². The lowest BCUT2D eigenvalue weighted by atomic mass is 10.2. The molecule has 2 rings (SSSR count). The van der Waals surface area contributed by atoms with E-state index >= 15 is 0 Å². The Balaban J connectivity index is 2.57. The molecule has 0 aliphatic heterocycles. The fraction of sp³-hybridized carbons (Fsp3) is 0.400. The van der Waals surface area contributed by atoms with Gasteiger partial charge in [0.2, 0.25) is 0 Å². The van der Waals surface area contributed by atoms with Crippen LogP contribution in [0.2, 0.25) is 5.04 Å². The molecule has 0 aliphatic carbocycles. The summed E-state index contributed by atoms with van der Waals surface area (Å²) >= 11 is 0. The summed E-state index contributed by atoms with van der Waals surface area (Å²) in [5.41, 5.74) is 8.83. The average molecular weight is 386 g/mol. The quantitative estimate of drug-likeness (QED) is 0.316. The highest BCUT2D eigenvalue weighted by molar-refractivity contribution is 6.99. The monoisotopic (exact) mass is 385 g/mol. The standard InChI is InChI=1S/C20H27N3O3Si/c1-20(2,3)27(16-10-6-4-7-11-16,17-12-8-5-9-13-17)26-15-18(22-23-21)19(25)14-24/h4-13,18-19,24-25H,14-15H2,1-3H3/t18-,19+/m1/s1. The molecule has 0 heterocycles. The maximum absolute atomic E-state index is 10.0. The van der Waals surface area contributed by atoms with Crippen molar-refractivity contribution in [3.05, 3.63) is 71.1 Å². The van der Waals surface area contributed by atoms with Gasteiger partial charge in [-0.25, -0.2) is 0 Å². The zero-order valence-corrected chi connectivity index (χ0v) is 17.0. The molecule has 0 aromatic heterocycles. The van der Waals surface area contributed by atoms with E-state index in [0.717, 1.165) is 10.4 Å². The number of nitrogens with zero attached hydrogens (tertiary/aromatic N) is 3. The van der Waals surface area contributed by atoms with Crippen LogP contribution in [0.5, 0.6) is 0 Å². The fourth-order valence-electron chi connectivity index (χ4n) is 3.38. The third-order valence-electron chi connectivity index (χ3n) is 4.72. The minimum atomic E-state index is -2.78. The van der Waals surface area contributed by atoms with Crippen LogP contribution < -0.4 is 10.4 Å². The molecule has 144 valence electrons. The highest BCUT2D eigenvalue weighted by atomic mass is 28.4. The Morgan fingerprint density at radius 1 is 1.04 bits per heavy atom. The third-order valence-corrected chi connectivity index (χ3v) is 9.72. The summed E-state index contributed by atoms with van der Waals surface area (Å²) < 4.78 is 6.61. The van der Waals surface area contributed by atoms with Crippen molar-refractivity contribution in [2.75, 3.05) is 13.2 Å². The number of aliphatic hydroxyl groups excluding tert-OH is 2. The first-order valence-corrected chi connectivity index (χ1v) is 10.9. The van der Waals surface area contributed by atoms with Crippen LogP contribution in [0.15, 0.2) is 65.8 Å². The van der Waals surface area contributed by atoms with E-state index in [2.05, 4.69) is 55.1 Å². The summed E-state index contributed by atoms with van der Waals surface area (Å²) in [4.78, 5) is 2.80. The molecule has 0 unspecified atom stereocenters. The van der Waals surface area contributed by atoms with Crippen LogP contribution in [0, 0.1) is 0 Å². The Kier molecular flexibility index (Phi) is 7.18. The fourth-order valence-corrected chi connectivity index (χ4v) is 7.96. The van der Waals surface area contributed by atoms with Gasteiger partial charge < -0.3 is 14.6 Å². The van der Waals surface area contributed by atoms with Gasteiger partial charge in [-0.05, 0) is 20.9 Å². The van der Waals surface area contributed by atoms with Gasteiger partial charge in [-0.1, -0.05) is 86.5 Å². The molecule has 2 aromatic rings. The Hall–Kier alpha value is -2.15. The number of rotatable bonds is 8. The van der Waals surface area contributed by atoms with E-state index in [4.69, 9.17) is 9.96 Å². The summed E-state index contributed by atoms with van der Waals surface area (Å²) in [6.07, 6.45) is -1.17. The number of hydrogen-bond donors (Lipinski definition) is 2. The maximum Gasteiger partial charge on any atom is 0.261 e. The van der Waals surface area contributed by atoms with E-state index in [1.54, 1.807) is 0 Å². The highest BCUT2D eigenvalue weighted by Gasteiger charge is 2.50. The normalized spacial score (nSPS) is 14.3. The van der Waals surface area contributed by atoms with Crippen molar-refractivity contribution in [1.82, 2.24) is 0 Å². The Labute approximate surface area is 161 Å². The predicted molar refractivity (Wildman–Crippen MR) is 110 cm³/mol. The van der Waals surface area contributed by atoms with Crippen molar-refractivity contribution in [1.29, 1.82) is 0 Å². The minimum absolute atomic E-state index is 0.0269. The molecule has 0 saturated carbocycles. The van der Waals surface area contributed by atoms with E-state index in [1.165, 1.54) is 0 Å². The van der Waals surface area contributed by atoms with Crippen molar-refractivity contribution < 1.29 is 14.6 Å². The molecule has 0 aliphatic rings. The number of hydrogen-bond acceptors (Lipinski definition) is 4. The van der Waals surface area contributed by atoms with Crippen LogP contribution >= 0.6 is 0 Å². The molecule has 2 N–H and O–H groups in total. The zero-order chi connectivity index (χ0) is 19.9. The second-order valence-electron chi connectivity index (χ2n) is 7.50. The molecule has 0 spiro atoms. The van der Waals surface area contributed by atoms with E-state index < -0.39 is 27.1 Å². The van der Waals surface area contributed by atoms with Gasteiger partial charge in [-0.3, -0.25) is 0 Å². The van der Waals surface area contributed by atoms with Crippen molar-refractivity contribution in [2.24, 2.45) is 5.11 Å². The zero-order valence-electron chi connectivity index (χ0n) is 16.0. The topological polar surface area (TPSA) is 98.5 Å². The number of benzene rings is 2. The Morgan fingerprint density at radius 3 is 1.89 bits per heavy atom. The predicted octanol–water partition coefficient (Wildman–Crippen LogP) is 2.60. The molecular formula is C20H27N3O3Si. The molecule has 0 amide bonds. The summed E-state index contributed by atoms with van der Waals surface area (Å²) in [6, 6.07) is 19.3. The first-order valence-electron chi connectivity index (χ1n) is 8.95. The van der Waals surface area contributed by atoms with Crippen molar-refractivity contribution >= 4 is 18.7 Å². The highest BCUT2D eigenvalue weighted by Crippen LogP contribution is 2.36. The van der Waals surface area contributed by atoms with Gasteiger partial charge in [0.25, 0.3) is 8.32 Å². The number of azide groups is 1. The van der Waals surface area contributed by atoms with Crippen LogP contribution in [0.4, 0.5) is 0 Å². The van der Waals surface area contributed by atoms with Gasteiger partial charge in [0.1, 0.15) is 0 Å². The molecular weight excluding hydrogens is 358 g/mol. The van der Waals surface area contributed by atoms with Crippen LogP contribution in [0.3, 0.4) is 0 Å². The van der Waals surface area contributed by atoms with Crippen LogP contribution in [-0.2, 0) is 4.43 Å². The molecule has 6 nitrogen and oxygen atoms in total. The molecule has 0 bridgehead atoms. The lowest BCUT2D eigenvalue weighted by Gasteiger charge is -2.43. The Bertz CT molecular complexity index is 720. The largest absolute Gasteiger partial charge is 0.407 e. The summed E-state index contributed by atoms with van der Waals surface area (Å²) in [5, 5.41) is 24.9. The van der Waals surface area contributed by atoms with E-state index in [-0.39, 0.29) is 11.6 Å². The van der Waals surface area contributed by atoms with Gasteiger partial charge in [0.05, 0.1) is 18.8 Å². The summed E-state index contributed by atoms with van der Waals surface area (Å²) in [5.74, 6) is 0. The first-order chi connectivity index (χ1) is 12.9. The van der Waals surface area contributed by atoms with Crippen molar-refractivity contribution in [2.45, 2.75) is 38.0 Å². The van der Waals surface area contributed by atoms with E-state index in [1.807, 2.05) is 36.4 Å². The molecule has 0 radical (unpaired) electrons. The van der Waals surface area contributed by atoms with Gasteiger partial charge in [-0.15, -0.1) is 0 Å². The molecule has 2 aromatic carbocycles. The number of aliphatic hydroxyl groups is 2. The molecule has 0 fully saturated rings. The lowest BCUT2D eigenvalue weighted by molar-refractivity contribution is 0.0574. The van der Waals surface area contributed by atoms with Crippen LogP contribution in [-0.4, -0.2) is 43.9 Å². The third kappa shape index (κ3) is 4.58. The van der Waals surface area contributed by atoms with E-state index in [0.29, 0.717) is 0 Å². The Morgan fingerprint density at radius 2 is 1.52 bits per heavy atom.